The number of anilines is 1. The predicted molar refractivity (Wildman–Crippen MR) is 139 cm³/mol. The zero-order valence-electron chi connectivity index (χ0n) is 19.9. The van der Waals surface area contributed by atoms with Gasteiger partial charge in [-0.3, -0.25) is 4.90 Å². The fourth-order valence-corrected chi connectivity index (χ4v) is 6.79. The Labute approximate surface area is 210 Å². The molecule has 2 aliphatic rings. The third kappa shape index (κ3) is 4.88. The van der Waals surface area contributed by atoms with Crippen LogP contribution in [-0.4, -0.2) is 71.2 Å². The molecule has 8 nitrogen and oxygen atoms in total. The summed E-state index contributed by atoms with van der Waals surface area (Å²) in [7, 11) is -0.785. The fraction of sp³-hybridized carbons (Fsp3) is 0.400. The lowest BCUT2D eigenvalue weighted by Crippen LogP contribution is -2.47. The van der Waals surface area contributed by atoms with Crippen molar-refractivity contribution in [2.75, 3.05) is 58.4 Å². The highest BCUT2D eigenvalue weighted by atomic mass is 32.2. The Balaban J connectivity index is 1.14. The van der Waals surface area contributed by atoms with Crippen LogP contribution in [0.2, 0.25) is 0 Å². The van der Waals surface area contributed by atoms with E-state index in [4.69, 9.17) is 9.47 Å². The monoisotopic (exact) mass is 514 g/mol. The van der Waals surface area contributed by atoms with Gasteiger partial charge in [0.2, 0.25) is 10.0 Å². The van der Waals surface area contributed by atoms with Crippen molar-refractivity contribution < 1.29 is 17.9 Å². The lowest BCUT2D eigenvalue weighted by atomic mass is 10.2. The molecule has 0 spiro atoms. The maximum absolute atomic E-state index is 13.0. The maximum atomic E-state index is 13.0. The first-order valence-corrected chi connectivity index (χ1v) is 13.9. The molecule has 0 radical (unpaired) electrons. The van der Waals surface area contributed by atoms with Gasteiger partial charge in [0.15, 0.2) is 0 Å². The molecule has 2 aromatic carbocycles. The van der Waals surface area contributed by atoms with Crippen LogP contribution >= 0.6 is 11.5 Å². The number of sulfonamides is 1. The quantitative estimate of drug-likeness (QED) is 0.439. The third-order valence-corrected chi connectivity index (χ3v) is 9.23. The van der Waals surface area contributed by atoms with Crippen molar-refractivity contribution in [3.05, 3.63) is 54.6 Å². The summed E-state index contributed by atoms with van der Waals surface area (Å²) in [5.74, 6) is 2.28. The molecule has 186 valence electrons. The van der Waals surface area contributed by atoms with E-state index in [0.717, 1.165) is 44.1 Å². The zero-order chi connectivity index (χ0) is 24.6. The van der Waals surface area contributed by atoms with E-state index in [-0.39, 0.29) is 16.6 Å². The number of hydrogen-bond acceptors (Lipinski definition) is 8. The summed E-state index contributed by atoms with van der Waals surface area (Å²) < 4.78 is 45.0. The Bertz CT molecular complexity index is 1330. The van der Waals surface area contributed by atoms with Crippen molar-refractivity contribution in [2.45, 2.75) is 4.90 Å². The number of nitrogens with zero attached hydrogens (tertiary/aromatic N) is 3. The molecule has 1 saturated carbocycles. The van der Waals surface area contributed by atoms with Crippen LogP contribution in [0, 0.1) is 11.8 Å². The highest BCUT2D eigenvalue weighted by Gasteiger charge is 2.43. The van der Waals surface area contributed by atoms with Gasteiger partial charge in [-0.2, -0.15) is 4.37 Å². The van der Waals surface area contributed by atoms with Gasteiger partial charge < -0.3 is 14.4 Å². The van der Waals surface area contributed by atoms with Gasteiger partial charge in [-0.1, -0.05) is 24.3 Å². The Morgan fingerprint density at radius 1 is 1.09 bits per heavy atom. The van der Waals surface area contributed by atoms with Gasteiger partial charge >= 0.3 is 0 Å². The number of benzene rings is 2. The average molecular weight is 515 g/mol. The molecular weight excluding hydrogens is 484 g/mol. The van der Waals surface area contributed by atoms with Gasteiger partial charge in [0.05, 0.1) is 18.9 Å². The molecule has 1 aromatic heterocycles. The first-order valence-electron chi connectivity index (χ1n) is 11.6. The van der Waals surface area contributed by atoms with Crippen LogP contribution in [0.4, 0.5) is 5.82 Å². The molecule has 0 amide bonds. The van der Waals surface area contributed by atoms with Crippen molar-refractivity contribution in [1.29, 1.82) is 0 Å². The molecule has 5 rings (SSSR count). The first kappa shape index (κ1) is 24.1. The summed E-state index contributed by atoms with van der Waals surface area (Å²) in [5.41, 5.74) is 1.11. The lowest BCUT2D eigenvalue weighted by molar-refractivity contribution is 0.245. The van der Waals surface area contributed by atoms with Crippen molar-refractivity contribution in [3.63, 3.8) is 0 Å². The fourth-order valence-electron chi connectivity index (χ4n) is 4.76. The molecule has 35 heavy (non-hydrogen) atoms. The van der Waals surface area contributed by atoms with Crippen LogP contribution in [0.25, 0.3) is 10.1 Å². The summed E-state index contributed by atoms with van der Waals surface area (Å²) in [4.78, 5) is 4.89. The molecule has 1 aliphatic carbocycles. The average Bonchev–Trinajstić information content (AvgIpc) is 3.28. The first-order chi connectivity index (χ1) is 16.9. The van der Waals surface area contributed by atoms with E-state index >= 15 is 0 Å². The van der Waals surface area contributed by atoms with E-state index in [1.54, 1.807) is 23.7 Å². The largest absolute Gasteiger partial charge is 0.497 e. The van der Waals surface area contributed by atoms with Crippen molar-refractivity contribution >= 4 is 37.5 Å². The summed E-state index contributed by atoms with van der Waals surface area (Å²) in [6, 6.07) is 13.1. The summed E-state index contributed by atoms with van der Waals surface area (Å²) in [6.45, 7) is 9.19. The molecule has 1 saturated heterocycles. The van der Waals surface area contributed by atoms with Crippen LogP contribution in [0.1, 0.15) is 0 Å². The van der Waals surface area contributed by atoms with Gasteiger partial charge in [0, 0.05) is 62.6 Å². The van der Waals surface area contributed by atoms with Crippen LogP contribution in [0.15, 0.2) is 59.5 Å². The van der Waals surface area contributed by atoms with Gasteiger partial charge in [-0.25, -0.2) is 13.1 Å². The molecule has 1 N–H and O–H groups in total. The number of piperazine rings is 1. The molecular formula is C25H30N4O4S2. The minimum atomic E-state index is -3.74. The Morgan fingerprint density at radius 2 is 1.86 bits per heavy atom. The minimum Gasteiger partial charge on any atom is -0.497 e. The second-order valence-electron chi connectivity index (χ2n) is 8.95. The molecule has 0 bridgehead atoms. The summed E-state index contributed by atoms with van der Waals surface area (Å²) in [5, 5.41) is 1.22. The van der Waals surface area contributed by atoms with E-state index in [9.17, 15) is 8.42 Å². The van der Waals surface area contributed by atoms with Crippen LogP contribution in [-0.2, 0) is 10.0 Å². The zero-order valence-corrected chi connectivity index (χ0v) is 21.6. The second-order valence-corrected chi connectivity index (χ2v) is 11.5. The number of rotatable bonds is 9. The van der Waals surface area contributed by atoms with E-state index in [1.165, 1.54) is 30.4 Å². The number of aromatic nitrogens is 1. The smallest absolute Gasteiger partial charge is 0.244 e. The Hall–Kier alpha value is -2.66. The minimum absolute atomic E-state index is 0.0767. The number of methoxy groups -OCH3 is 2. The van der Waals surface area contributed by atoms with Gasteiger partial charge in [-0.05, 0) is 35.8 Å². The normalized spacial score (nSPS) is 20.9. The van der Waals surface area contributed by atoms with E-state index in [0.29, 0.717) is 18.2 Å². The van der Waals surface area contributed by atoms with Crippen molar-refractivity contribution in [1.82, 2.24) is 14.0 Å². The summed E-state index contributed by atoms with van der Waals surface area (Å²) >= 11 is 1.55. The summed E-state index contributed by atoms with van der Waals surface area (Å²) in [6.07, 6.45) is 0. The molecule has 2 atom stereocenters. The molecule has 2 heterocycles. The number of hydrogen-bond donors (Lipinski definition) is 1. The topological polar surface area (TPSA) is 84.0 Å². The Kier molecular flexibility index (Phi) is 6.71. The second kappa shape index (κ2) is 9.77. The van der Waals surface area contributed by atoms with Gasteiger partial charge in [0.25, 0.3) is 0 Å². The Morgan fingerprint density at radius 3 is 2.60 bits per heavy atom. The van der Waals surface area contributed by atoms with Crippen molar-refractivity contribution in [3.8, 4) is 11.5 Å². The van der Waals surface area contributed by atoms with Crippen LogP contribution in [0.5, 0.6) is 11.5 Å². The number of nitrogens with one attached hydrogen (secondary N) is 1. The molecule has 1 aliphatic heterocycles. The van der Waals surface area contributed by atoms with Crippen LogP contribution in [0.3, 0.4) is 0 Å². The molecule has 10 heteroatoms. The van der Waals surface area contributed by atoms with Gasteiger partial charge in [-0.15, -0.1) is 0 Å². The number of fused-ring (bicyclic) bond motifs is 1. The van der Waals surface area contributed by atoms with E-state index in [2.05, 4.69) is 49.7 Å². The molecule has 2 fully saturated rings. The number of ether oxygens (including phenoxy) is 2. The van der Waals surface area contributed by atoms with Gasteiger partial charge in [0.1, 0.15) is 22.2 Å². The molecule has 0 unspecified atom stereocenters. The third-order valence-electron chi connectivity index (χ3n) is 6.97. The lowest BCUT2D eigenvalue weighted by Gasteiger charge is -2.35. The van der Waals surface area contributed by atoms with Crippen molar-refractivity contribution in [2.24, 2.45) is 11.8 Å². The van der Waals surface area contributed by atoms with E-state index < -0.39 is 10.0 Å². The molecule has 3 aromatic rings. The van der Waals surface area contributed by atoms with E-state index in [1.807, 2.05) is 0 Å². The highest BCUT2D eigenvalue weighted by Crippen LogP contribution is 2.44. The highest BCUT2D eigenvalue weighted by molar-refractivity contribution is 7.89. The predicted octanol–water partition coefficient (Wildman–Crippen LogP) is 3.22. The standard InChI is InChI=1S/C25H30N4O4S2/c1-17-20(15-26-35(30,31)24-14-18(32-2)8-9-22(24)33-3)21(17)16-28-10-12-29(13-11-28)25-19-6-4-5-7-23(19)34-27-25/h4-9,14,20-21,26H,1,10-13,15-16H2,2-3H3/t20-,21-/m0/s1. The van der Waals surface area contributed by atoms with Crippen LogP contribution < -0.4 is 19.1 Å². The maximum Gasteiger partial charge on any atom is 0.244 e. The SMILES string of the molecule is C=C1[C@H](CNS(=O)(=O)c2cc(OC)ccc2OC)[C@H]1CN1CCN(c2nsc3ccccc23)CC1.